The molecule has 3 aliphatic heterocycles. The Hall–Kier alpha value is -2.73. The lowest BCUT2D eigenvalue weighted by molar-refractivity contribution is 0.0251. The molecule has 5 rings (SSSR count). The lowest BCUT2D eigenvalue weighted by Crippen LogP contribution is -2.52. The molecular formula is C27H36N6O2. The third-order valence-corrected chi connectivity index (χ3v) is 7.87. The molecule has 2 aromatic rings. The van der Waals surface area contributed by atoms with E-state index in [2.05, 4.69) is 66.1 Å². The highest BCUT2D eigenvalue weighted by Crippen LogP contribution is 2.36. The van der Waals surface area contributed by atoms with Crippen LogP contribution in [0.3, 0.4) is 0 Å². The van der Waals surface area contributed by atoms with Gasteiger partial charge in [0, 0.05) is 43.7 Å². The fourth-order valence-corrected chi connectivity index (χ4v) is 5.53. The van der Waals surface area contributed by atoms with Crippen molar-refractivity contribution in [1.29, 1.82) is 5.26 Å². The number of rotatable bonds is 6. The van der Waals surface area contributed by atoms with E-state index in [0.29, 0.717) is 38.1 Å². The number of likely N-dealkylation sites (N-methyl/N-ethyl adjacent to an activating group) is 2. The second-order valence-corrected chi connectivity index (χ2v) is 10.1. The average molecular weight is 477 g/mol. The molecule has 35 heavy (non-hydrogen) atoms. The Balaban J connectivity index is 1.44. The Morgan fingerprint density at radius 1 is 1.11 bits per heavy atom. The SMILES string of the molecule is Cc1ccccc1C1Cc2nc(OC[C@@H]3CCCN3C)nc(N3CCN(C)[C@@H](CC#N)C3)c2CO1. The number of hydrogen-bond donors (Lipinski definition) is 0. The number of aromatic nitrogens is 2. The van der Waals surface area contributed by atoms with Crippen molar-refractivity contribution in [2.75, 3.05) is 51.8 Å². The number of piperazine rings is 1. The molecule has 0 aliphatic carbocycles. The molecule has 1 aromatic heterocycles. The summed E-state index contributed by atoms with van der Waals surface area (Å²) in [5.74, 6) is 0.907. The van der Waals surface area contributed by atoms with E-state index in [1.807, 2.05) is 0 Å². The van der Waals surface area contributed by atoms with Gasteiger partial charge >= 0.3 is 6.01 Å². The van der Waals surface area contributed by atoms with Crippen molar-refractivity contribution in [3.63, 3.8) is 0 Å². The molecule has 186 valence electrons. The number of anilines is 1. The number of aryl methyl sites for hydroxylation is 1. The van der Waals surface area contributed by atoms with Crippen LogP contribution in [0.2, 0.25) is 0 Å². The highest BCUT2D eigenvalue weighted by molar-refractivity contribution is 5.52. The molecule has 0 amide bonds. The van der Waals surface area contributed by atoms with Crippen LogP contribution in [-0.4, -0.2) is 78.7 Å². The first-order valence-electron chi connectivity index (χ1n) is 12.8. The van der Waals surface area contributed by atoms with Gasteiger partial charge in [-0.3, -0.25) is 4.90 Å². The number of hydrogen-bond acceptors (Lipinski definition) is 8. The zero-order chi connectivity index (χ0) is 24.4. The van der Waals surface area contributed by atoms with Crippen molar-refractivity contribution < 1.29 is 9.47 Å². The van der Waals surface area contributed by atoms with Crippen LogP contribution in [0.5, 0.6) is 6.01 Å². The maximum atomic E-state index is 9.32. The van der Waals surface area contributed by atoms with Crippen LogP contribution in [0.15, 0.2) is 24.3 Å². The number of likely N-dealkylation sites (tertiary alicyclic amines) is 1. The molecule has 0 radical (unpaired) electrons. The van der Waals surface area contributed by atoms with Crippen molar-refractivity contribution in [1.82, 2.24) is 19.8 Å². The summed E-state index contributed by atoms with van der Waals surface area (Å²) in [4.78, 5) is 16.8. The molecule has 8 heteroatoms. The van der Waals surface area contributed by atoms with Crippen molar-refractivity contribution in [2.45, 2.75) is 57.4 Å². The van der Waals surface area contributed by atoms with E-state index in [1.54, 1.807) is 0 Å². The summed E-state index contributed by atoms with van der Waals surface area (Å²) in [6.07, 6.45) is 3.52. The number of nitriles is 1. The number of nitrogens with zero attached hydrogens (tertiary/aromatic N) is 6. The zero-order valence-corrected chi connectivity index (χ0v) is 21.1. The fourth-order valence-electron chi connectivity index (χ4n) is 5.53. The second-order valence-electron chi connectivity index (χ2n) is 10.1. The first-order valence-corrected chi connectivity index (χ1v) is 12.8. The lowest BCUT2D eigenvalue weighted by Gasteiger charge is -2.40. The van der Waals surface area contributed by atoms with E-state index in [1.165, 1.54) is 17.5 Å². The maximum absolute atomic E-state index is 9.32. The van der Waals surface area contributed by atoms with Crippen molar-refractivity contribution >= 4 is 5.82 Å². The number of benzene rings is 1. The topological polar surface area (TPSA) is 77.8 Å². The Bertz CT molecular complexity index is 1090. The predicted molar refractivity (Wildman–Crippen MR) is 134 cm³/mol. The van der Waals surface area contributed by atoms with Gasteiger partial charge in [-0.1, -0.05) is 24.3 Å². The molecule has 2 saturated heterocycles. The lowest BCUT2D eigenvalue weighted by atomic mass is 9.96. The predicted octanol–water partition coefficient (Wildman–Crippen LogP) is 3.11. The van der Waals surface area contributed by atoms with Crippen molar-refractivity contribution in [2.24, 2.45) is 0 Å². The Morgan fingerprint density at radius 3 is 2.71 bits per heavy atom. The monoisotopic (exact) mass is 476 g/mol. The van der Waals surface area contributed by atoms with E-state index in [4.69, 9.17) is 19.4 Å². The van der Waals surface area contributed by atoms with Gasteiger partial charge in [0.25, 0.3) is 0 Å². The van der Waals surface area contributed by atoms with Crippen LogP contribution in [0, 0.1) is 18.3 Å². The molecule has 3 aliphatic rings. The summed E-state index contributed by atoms with van der Waals surface area (Å²) in [6, 6.07) is 11.8. The van der Waals surface area contributed by atoms with Gasteiger partial charge in [0.1, 0.15) is 12.4 Å². The van der Waals surface area contributed by atoms with Gasteiger partial charge < -0.3 is 19.3 Å². The smallest absolute Gasteiger partial charge is 0.318 e. The summed E-state index contributed by atoms with van der Waals surface area (Å²) in [6.45, 7) is 6.83. The maximum Gasteiger partial charge on any atom is 0.318 e. The minimum Gasteiger partial charge on any atom is -0.462 e. The van der Waals surface area contributed by atoms with E-state index in [-0.39, 0.29) is 12.1 Å². The van der Waals surface area contributed by atoms with Gasteiger partial charge in [0.15, 0.2) is 0 Å². The van der Waals surface area contributed by atoms with E-state index < -0.39 is 0 Å². The van der Waals surface area contributed by atoms with Gasteiger partial charge in [0.2, 0.25) is 0 Å². The van der Waals surface area contributed by atoms with Crippen LogP contribution >= 0.6 is 0 Å². The standard InChI is InChI=1S/C27H36N6O2/c1-19-7-4-5-9-22(19)25-15-24-23(18-34-25)26(33-14-13-32(3)20(16-33)10-11-28)30-27(29-24)35-17-21-8-6-12-31(21)2/h4-5,7,9,20-21,25H,6,8,10,12-18H2,1-3H3/t20-,21-,25?/m0/s1. The molecule has 1 unspecified atom stereocenters. The van der Waals surface area contributed by atoms with Gasteiger partial charge in [-0.05, 0) is 51.5 Å². The third kappa shape index (κ3) is 5.13. The Labute approximate surface area is 208 Å². The first kappa shape index (κ1) is 24.0. The summed E-state index contributed by atoms with van der Waals surface area (Å²) >= 11 is 0. The Kier molecular flexibility index (Phi) is 7.19. The van der Waals surface area contributed by atoms with Gasteiger partial charge in [-0.2, -0.15) is 15.2 Å². The van der Waals surface area contributed by atoms with Gasteiger partial charge in [0.05, 0.1) is 30.9 Å². The summed E-state index contributed by atoms with van der Waals surface area (Å²) < 4.78 is 12.6. The average Bonchev–Trinajstić information content (AvgIpc) is 3.28. The molecular weight excluding hydrogens is 440 g/mol. The minimum atomic E-state index is -0.0286. The molecule has 2 fully saturated rings. The summed E-state index contributed by atoms with van der Waals surface area (Å²) in [5, 5.41) is 9.32. The van der Waals surface area contributed by atoms with Crippen molar-refractivity contribution in [3.05, 3.63) is 46.6 Å². The first-order chi connectivity index (χ1) is 17.0. The minimum absolute atomic E-state index is 0.0286. The van der Waals surface area contributed by atoms with Crippen LogP contribution < -0.4 is 9.64 Å². The molecule has 8 nitrogen and oxygen atoms in total. The number of fused-ring (bicyclic) bond motifs is 1. The molecule has 3 atom stereocenters. The van der Waals surface area contributed by atoms with Crippen LogP contribution in [0.25, 0.3) is 0 Å². The molecule has 0 bridgehead atoms. The third-order valence-electron chi connectivity index (χ3n) is 7.87. The van der Waals surface area contributed by atoms with E-state index >= 15 is 0 Å². The zero-order valence-electron chi connectivity index (χ0n) is 21.1. The molecule has 4 heterocycles. The fraction of sp³-hybridized carbons (Fsp3) is 0.593. The highest BCUT2D eigenvalue weighted by atomic mass is 16.5. The number of ether oxygens (including phenoxy) is 2. The summed E-state index contributed by atoms with van der Waals surface area (Å²) in [5.41, 5.74) is 4.51. The van der Waals surface area contributed by atoms with Gasteiger partial charge in [-0.25, -0.2) is 0 Å². The molecule has 0 spiro atoms. The van der Waals surface area contributed by atoms with Crippen LogP contribution in [-0.2, 0) is 17.8 Å². The second kappa shape index (κ2) is 10.5. The summed E-state index contributed by atoms with van der Waals surface area (Å²) in [7, 11) is 4.25. The normalized spacial score (nSPS) is 25.3. The highest BCUT2D eigenvalue weighted by Gasteiger charge is 2.32. The molecule has 0 saturated carbocycles. The molecule has 1 aromatic carbocycles. The van der Waals surface area contributed by atoms with Crippen molar-refractivity contribution in [3.8, 4) is 12.1 Å². The van der Waals surface area contributed by atoms with Crippen LogP contribution in [0.1, 0.15) is 47.8 Å². The van der Waals surface area contributed by atoms with E-state index in [0.717, 1.165) is 49.7 Å². The van der Waals surface area contributed by atoms with Crippen LogP contribution in [0.4, 0.5) is 5.82 Å². The molecule has 0 N–H and O–H groups in total. The van der Waals surface area contributed by atoms with E-state index in [9.17, 15) is 5.26 Å². The van der Waals surface area contributed by atoms with Gasteiger partial charge in [-0.15, -0.1) is 0 Å². The largest absolute Gasteiger partial charge is 0.462 e. The Morgan fingerprint density at radius 2 is 1.94 bits per heavy atom. The quantitative estimate of drug-likeness (QED) is 0.630.